The second-order valence-corrected chi connectivity index (χ2v) is 9.85. The highest BCUT2D eigenvalue weighted by molar-refractivity contribution is 6.31. The van der Waals surface area contributed by atoms with E-state index in [1.165, 1.54) is 13.3 Å². The topological polar surface area (TPSA) is 101 Å². The van der Waals surface area contributed by atoms with Crippen molar-refractivity contribution >= 4 is 34.2 Å². The van der Waals surface area contributed by atoms with Crippen molar-refractivity contribution in [3.63, 3.8) is 0 Å². The second-order valence-electron chi connectivity index (χ2n) is 9.44. The van der Waals surface area contributed by atoms with Crippen LogP contribution in [0.25, 0.3) is 10.9 Å². The van der Waals surface area contributed by atoms with E-state index in [-0.39, 0.29) is 23.4 Å². The molecule has 1 aliphatic heterocycles. The van der Waals surface area contributed by atoms with E-state index >= 15 is 4.39 Å². The SMILES string of the molecule is CCc1cc2c(cc1Cc1cc(N3CCOCC3)cc(Cl)c1F)c(=O)c(C(=O)O)cn2C(CO)C(C)OC. The molecule has 10 heteroatoms. The van der Waals surface area contributed by atoms with Gasteiger partial charge in [0.05, 0.1) is 42.5 Å². The summed E-state index contributed by atoms with van der Waals surface area (Å²) < 4.78 is 27.6. The van der Waals surface area contributed by atoms with Gasteiger partial charge in [0, 0.05) is 43.9 Å². The summed E-state index contributed by atoms with van der Waals surface area (Å²) in [4.78, 5) is 27.3. The number of benzene rings is 2. The van der Waals surface area contributed by atoms with Crippen LogP contribution >= 0.6 is 11.6 Å². The zero-order valence-corrected chi connectivity index (χ0v) is 22.4. The molecule has 0 spiro atoms. The van der Waals surface area contributed by atoms with E-state index in [9.17, 15) is 19.8 Å². The number of morpholine rings is 1. The van der Waals surface area contributed by atoms with E-state index in [1.807, 2.05) is 13.0 Å². The molecule has 8 nitrogen and oxygen atoms in total. The van der Waals surface area contributed by atoms with Crippen molar-refractivity contribution in [1.82, 2.24) is 4.57 Å². The van der Waals surface area contributed by atoms with Crippen LogP contribution in [0.1, 0.15) is 46.9 Å². The van der Waals surface area contributed by atoms with Gasteiger partial charge in [0.15, 0.2) is 0 Å². The number of ether oxygens (including phenoxy) is 2. The third-order valence-electron chi connectivity index (χ3n) is 7.27. The molecular formula is C28H32ClFN2O6. The fraction of sp³-hybridized carbons (Fsp3) is 0.429. The molecular weight excluding hydrogens is 515 g/mol. The maximum Gasteiger partial charge on any atom is 0.341 e. The molecule has 0 saturated carbocycles. The Morgan fingerprint density at radius 2 is 1.89 bits per heavy atom. The number of nitrogens with zero attached hydrogens (tertiary/aromatic N) is 2. The first-order chi connectivity index (χ1) is 18.2. The quantitative estimate of drug-likeness (QED) is 0.417. The molecule has 1 fully saturated rings. The third kappa shape index (κ3) is 5.42. The number of carboxylic acid groups (broad SMARTS) is 1. The van der Waals surface area contributed by atoms with Crippen LogP contribution in [0, 0.1) is 5.82 Å². The van der Waals surface area contributed by atoms with Crippen molar-refractivity contribution in [2.45, 2.75) is 38.8 Å². The van der Waals surface area contributed by atoms with Crippen molar-refractivity contribution in [3.05, 3.63) is 73.8 Å². The van der Waals surface area contributed by atoms with Gasteiger partial charge in [-0.2, -0.15) is 0 Å². The lowest BCUT2D eigenvalue weighted by Gasteiger charge is -2.29. The van der Waals surface area contributed by atoms with Crippen molar-refractivity contribution in [2.24, 2.45) is 0 Å². The monoisotopic (exact) mass is 546 g/mol. The summed E-state index contributed by atoms with van der Waals surface area (Å²) in [7, 11) is 1.50. The Hall–Kier alpha value is -2.98. The molecule has 1 aliphatic rings. The molecule has 204 valence electrons. The largest absolute Gasteiger partial charge is 0.477 e. The minimum Gasteiger partial charge on any atom is -0.477 e. The van der Waals surface area contributed by atoms with E-state index < -0.39 is 34.9 Å². The Kier molecular flexibility index (Phi) is 8.72. The number of fused-ring (bicyclic) bond motifs is 1. The molecule has 2 N–H and O–H groups in total. The van der Waals surface area contributed by atoms with Gasteiger partial charge in [-0.1, -0.05) is 18.5 Å². The summed E-state index contributed by atoms with van der Waals surface area (Å²) in [5.74, 6) is -1.90. The van der Waals surface area contributed by atoms with E-state index in [0.717, 1.165) is 11.3 Å². The Morgan fingerprint density at radius 3 is 2.50 bits per heavy atom. The number of hydrogen-bond acceptors (Lipinski definition) is 6. The van der Waals surface area contributed by atoms with E-state index in [0.29, 0.717) is 49.4 Å². The van der Waals surface area contributed by atoms with Crippen molar-refractivity contribution in [3.8, 4) is 0 Å². The number of pyridine rings is 1. The van der Waals surface area contributed by atoms with Crippen molar-refractivity contribution < 1.29 is 28.9 Å². The number of aromatic carboxylic acids is 1. The average Bonchev–Trinajstić information content (AvgIpc) is 2.92. The van der Waals surface area contributed by atoms with E-state index in [2.05, 4.69) is 4.90 Å². The van der Waals surface area contributed by atoms with Crippen molar-refractivity contribution in [1.29, 1.82) is 0 Å². The number of methoxy groups -OCH3 is 1. The molecule has 2 aromatic carbocycles. The molecule has 2 unspecified atom stereocenters. The van der Waals surface area contributed by atoms with Crippen LogP contribution in [-0.4, -0.2) is 66.9 Å². The molecule has 0 aliphatic carbocycles. The Labute approximate surface area is 225 Å². The smallest absolute Gasteiger partial charge is 0.341 e. The lowest BCUT2D eigenvalue weighted by Crippen LogP contribution is -2.36. The Morgan fingerprint density at radius 1 is 1.18 bits per heavy atom. The van der Waals surface area contributed by atoms with Gasteiger partial charge in [0.1, 0.15) is 11.4 Å². The zero-order valence-electron chi connectivity index (χ0n) is 21.7. The van der Waals surface area contributed by atoms with Crippen LogP contribution < -0.4 is 10.3 Å². The summed E-state index contributed by atoms with van der Waals surface area (Å²) in [6, 6.07) is 6.20. The fourth-order valence-corrected chi connectivity index (χ4v) is 5.23. The van der Waals surface area contributed by atoms with Gasteiger partial charge < -0.3 is 29.2 Å². The predicted octanol–water partition coefficient (Wildman–Crippen LogP) is 4.05. The normalized spacial score (nSPS) is 15.6. The van der Waals surface area contributed by atoms with Gasteiger partial charge in [-0.25, -0.2) is 9.18 Å². The molecule has 0 amide bonds. The maximum atomic E-state index is 15.2. The summed E-state index contributed by atoms with van der Waals surface area (Å²) in [5.41, 5.74) is 2.15. The van der Waals surface area contributed by atoms with Gasteiger partial charge in [-0.05, 0) is 54.3 Å². The number of aliphatic hydroxyl groups excluding tert-OH is 1. The van der Waals surface area contributed by atoms with Crippen LogP contribution in [0.5, 0.6) is 0 Å². The van der Waals surface area contributed by atoms with E-state index in [1.54, 1.807) is 29.7 Å². The summed E-state index contributed by atoms with van der Waals surface area (Å²) >= 11 is 6.28. The minimum absolute atomic E-state index is 0.0117. The van der Waals surface area contributed by atoms with Crippen LogP contribution in [0.2, 0.25) is 5.02 Å². The van der Waals surface area contributed by atoms with Crippen LogP contribution in [0.15, 0.2) is 35.3 Å². The molecule has 0 bridgehead atoms. The highest BCUT2D eigenvalue weighted by Crippen LogP contribution is 2.31. The molecule has 1 saturated heterocycles. The maximum absolute atomic E-state index is 15.2. The first-order valence-corrected chi connectivity index (χ1v) is 13.0. The molecule has 38 heavy (non-hydrogen) atoms. The number of hydrogen-bond donors (Lipinski definition) is 2. The zero-order chi connectivity index (χ0) is 27.6. The molecule has 1 aromatic heterocycles. The standard InChI is InChI=1S/C28H32ClFN2O6/c1-4-17-12-24-21(27(34)22(28(35)36)14-32(24)25(15-33)16(2)37-3)11-18(17)9-19-10-20(13-23(29)26(19)30)31-5-7-38-8-6-31/h10-14,16,25,33H,4-9,15H2,1-3H3,(H,35,36). The van der Waals surface area contributed by atoms with Crippen LogP contribution in [-0.2, 0) is 22.3 Å². The van der Waals surface area contributed by atoms with Gasteiger partial charge in [-0.15, -0.1) is 0 Å². The fourth-order valence-electron chi connectivity index (χ4n) is 4.99. The predicted molar refractivity (Wildman–Crippen MR) is 144 cm³/mol. The highest BCUT2D eigenvalue weighted by Gasteiger charge is 2.24. The number of rotatable bonds is 9. The molecule has 0 radical (unpaired) electrons. The van der Waals surface area contributed by atoms with Gasteiger partial charge in [-0.3, -0.25) is 4.79 Å². The lowest BCUT2D eigenvalue weighted by molar-refractivity contribution is 0.0456. The summed E-state index contributed by atoms with van der Waals surface area (Å²) in [6.07, 6.45) is 1.55. The number of anilines is 1. The number of carboxylic acids is 1. The van der Waals surface area contributed by atoms with Gasteiger partial charge in [0.25, 0.3) is 0 Å². The Balaban J connectivity index is 1.89. The molecule has 4 rings (SSSR count). The molecule has 2 atom stereocenters. The number of aliphatic hydroxyl groups is 1. The average molecular weight is 547 g/mol. The van der Waals surface area contributed by atoms with Crippen LogP contribution in [0.4, 0.5) is 10.1 Å². The number of carbonyl (C=O) groups is 1. The van der Waals surface area contributed by atoms with Crippen molar-refractivity contribution in [2.75, 3.05) is 44.9 Å². The Bertz CT molecular complexity index is 1400. The molecule has 2 heterocycles. The lowest BCUT2D eigenvalue weighted by atomic mass is 9.94. The van der Waals surface area contributed by atoms with Crippen LogP contribution in [0.3, 0.4) is 0 Å². The summed E-state index contributed by atoms with van der Waals surface area (Å²) in [6.45, 7) is 5.87. The van der Waals surface area contributed by atoms with Gasteiger partial charge in [0.2, 0.25) is 5.43 Å². The third-order valence-corrected chi connectivity index (χ3v) is 7.54. The highest BCUT2D eigenvalue weighted by atomic mass is 35.5. The first-order valence-electron chi connectivity index (χ1n) is 12.6. The second kappa shape index (κ2) is 11.8. The minimum atomic E-state index is -1.37. The number of aryl methyl sites for hydroxylation is 1. The molecule has 3 aromatic rings. The number of aromatic nitrogens is 1. The van der Waals surface area contributed by atoms with E-state index in [4.69, 9.17) is 21.1 Å². The number of halogens is 2. The van der Waals surface area contributed by atoms with Gasteiger partial charge >= 0.3 is 5.97 Å². The first kappa shape index (κ1) is 28.0. The summed E-state index contributed by atoms with van der Waals surface area (Å²) in [5, 5.41) is 20.0.